The van der Waals surface area contributed by atoms with E-state index in [1.165, 1.54) is 24.2 Å². The smallest absolute Gasteiger partial charge is 0.225 e. The standard InChI is InChI=1S/C23H33N5O2/c1-4-8-26-10-12-28(13-11-26)23-24-15-19-17-27(9-7-21(19)25-23)16-18-14-20(29-2)5-6-22(18)30-3/h5-6,14-15H,4,7-13,16-17H2,1-3H3. The first-order chi connectivity index (χ1) is 14.7. The average molecular weight is 412 g/mol. The highest BCUT2D eigenvalue weighted by Crippen LogP contribution is 2.27. The molecule has 162 valence electrons. The number of hydrogen-bond acceptors (Lipinski definition) is 7. The number of benzene rings is 1. The molecule has 7 heteroatoms. The second-order valence-electron chi connectivity index (χ2n) is 8.11. The van der Waals surface area contributed by atoms with E-state index in [0.717, 1.165) is 75.2 Å². The maximum Gasteiger partial charge on any atom is 0.225 e. The lowest BCUT2D eigenvalue weighted by atomic mass is 10.1. The van der Waals surface area contributed by atoms with Gasteiger partial charge in [0.05, 0.1) is 19.9 Å². The zero-order valence-corrected chi connectivity index (χ0v) is 18.4. The predicted octanol–water partition coefficient (Wildman–Crippen LogP) is 2.58. The first-order valence-electron chi connectivity index (χ1n) is 11.0. The normalized spacial score (nSPS) is 17.6. The molecule has 4 rings (SSSR count). The molecule has 1 saturated heterocycles. The van der Waals surface area contributed by atoms with Gasteiger partial charge in [-0.1, -0.05) is 6.92 Å². The quantitative estimate of drug-likeness (QED) is 0.694. The monoisotopic (exact) mass is 411 g/mol. The molecular weight excluding hydrogens is 378 g/mol. The lowest BCUT2D eigenvalue weighted by molar-refractivity contribution is 0.238. The average Bonchev–Trinajstić information content (AvgIpc) is 2.79. The Kier molecular flexibility index (Phi) is 6.69. The third kappa shape index (κ3) is 4.68. The summed E-state index contributed by atoms with van der Waals surface area (Å²) >= 11 is 0. The molecule has 7 nitrogen and oxygen atoms in total. The van der Waals surface area contributed by atoms with E-state index >= 15 is 0 Å². The van der Waals surface area contributed by atoms with E-state index < -0.39 is 0 Å². The number of aromatic nitrogens is 2. The van der Waals surface area contributed by atoms with Crippen LogP contribution in [0.5, 0.6) is 11.5 Å². The number of piperazine rings is 1. The van der Waals surface area contributed by atoms with Crippen molar-refractivity contribution in [3.63, 3.8) is 0 Å². The van der Waals surface area contributed by atoms with Crippen LogP contribution in [0.25, 0.3) is 0 Å². The van der Waals surface area contributed by atoms with Crippen molar-refractivity contribution in [3.05, 3.63) is 41.2 Å². The van der Waals surface area contributed by atoms with Gasteiger partial charge in [-0.3, -0.25) is 9.80 Å². The van der Waals surface area contributed by atoms with Crippen LogP contribution < -0.4 is 14.4 Å². The number of hydrogen-bond donors (Lipinski definition) is 0. The third-order valence-corrected chi connectivity index (χ3v) is 6.08. The first kappa shape index (κ1) is 20.9. The summed E-state index contributed by atoms with van der Waals surface area (Å²) in [6.07, 6.45) is 4.20. The molecule has 0 amide bonds. The Hall–Kier alpha value is -2.38. The molecule has 0 saturated carbocycles. The Labute approximate surface area is 179 Å². The van der Waals surface area contributed by atoms with Gasteiger partial charge in [-0.2, -0.15) is 0 Å². The van der Waals surface area contributed by atoms with Crippen molar-refractivity contribution >= 4 is 5.95 Å². The van der Waals surface area contributed by atoms with Crippen molar-refractivity contribution in [2.75, 3.05) is 58.4 Å². The number of anilines is 1. The van der Waals surface area contributed by atoms with Crippen LogP contribution in [0.4, 0.5) is 5.95 Å². The van der Waals surface area contributed by atoms with Crippen molar-refractivity contribution < 1.29 is 9.47 Å². The summed E-state index contributed by atoms with van der Waals surface area (Å²) in [5.74, 6) is 2.65. The Balaban J connectivity index is 1.41. The van der Waals surface area contributed by atoms with Gasteiger partial charge in [0, 0.05) is 69.6 Å². The summed E-state index contributed by atoms with van der Waals surface area (Å²) < 4.78 is 10.9. The van der Waals surface area contributed by atoms with Crippen molar-refractivity contribution in [3.8, 4) is 11.5 Å². The van der Waals surface area contributed by atoms with Gasteiger partial charge in [0.25, 0.3) is 0 Å². The molecule has 1 aromatic heterocycles. The second-order valence-corrected chi connectivity index (χ2v) is 8.11. The molecule has 0 spiro atoms. The van der Waals surface area contributed by atoms with Crippen LogP contribution in [0.1, 0.15) is 30.2 Å². The molecule has 1 fully saturated rings. The van der Waals surface area contributed by atoms with E-state index in [2.05, 4.69) is 27.7 Å². The molecule has 2 aliphatic heterocycles. The van der Waals surface area contributed by atoms with Crippen molar-refractivity contribution in [1.29, 1.82) is 0 Å². The van der Waals surface area contributed by atoms with Gasteiger partial charge in [-0.15, -0.1) is 0 Å². The van der Waals surface area contributed by atoms with E-state index in [4.69, 9.17) is 19.4 Å². The summed E-state index contributed by atoms with van der Waals surface area (Å²) in [6, 6.07) is 5.97. The van der Waals surface area contributed by atoms with Crippen LogP contribution in [0.3, 0.4) is 0 Å². The number of fused-ring (bicyclic) bond motifs is 1. The predicted molar refractivity (Wildman–Crippen MR) is 118 cm³/mol. The number of methoxy groups -OCH3 is 2. The van der Waals surface area contributed by atoms with Crippen LogP contribution in [-0.2, 0) is 19.5 Å². The van der Waals surface area contributed by atoms with Crippen LogP contribution in [0.15, 0.2) is 24.4 Å². The molecule has 1 aromatic carbocycles. The van der Waals surface area contributed by atoms with Gasteiger partial charge in [0.2, 0.25) is 5.95 Å². The SMILES string of the molecule is CCCN1CCN(c2ncc3c(n2)CCN(Cc2cc(OC)ccc2OC)C3)CC1. The molecular formula is C23H33N5O2. The molecule has 0 atom stereocenters. The van der Waals surface area contributed by atoms with E-state index in [1.54, 1.807) is 14.2 Å². The van der Waals surface area contributed by atoms with E-state index in [0.29, 0.717) is 0 Å². The van der Waals surface area contributed by atoms with Crippen LogP contribution in [0.2, 0.25) is 0 Å². The van der Waals surface area contributed by atoms with Crippen molar-refractivity contribution in [2.45, 2.75) is 32.9 Å². The molecule has 2 aliphatic rings. The number of nitrogens with zero attached hydrogens (tertiary/aromatic N) is 5. The molecule has 2 aromatic rings. The summed E-state index contributed by atoms with van der Waals surface area (Å²) in [7, 11) is 3.41. The molecule has 0 bridgehead atoms. The highest BCUT2D eigenvalue weighted by atomic mass is 16.5. The van der Waals surface area contributed by atoms with E-state index in [1.807, 2.05) is 18.3 Å². The topological polar surface area (TPSA) is 54.0 Å². The largest absolute Gasteiger partial charge is 0.497 e. The van der Waals surface area contributed by atoms with Gasteiger partial charge < -0.3 is 14.4 Å². The lowest BCUT2D eigenvalue weighted by Gasteiger charge is -2.35. The minimum absolute atomic E-state index is 0.820. The number of ether oxygens (including phenoxy) is 2. The van der Waals surface area contributed by atoms with Crippen LogP contribution >= 0.6 is 0 Å². The lowest BCUT2D eigenvalue weighted by Crippen LogP contribution is -2.47. The summed E-state index contributed by atoms with van der Waals surface area (Å²) in [5, 5.41) is 0. The molecule has 0 N–H and O–H groups in total. The van der Waals surface area contributed by atoms with Gasteiger partial charge >= 0.3 is 0 Å². The van der Waals surface area contributed by atoms with Crippen LogP contribution in [0, 0.1) is 0 Å². The fourth-order valence-corrected chi connectivity index (χ4v) is 4.39. The van der Waals surface area contributed by atoms with E-state index in [9.17, 15) is 0 Å². The number of rotatable bonds is 7. The summed E-state index contributed by atoms with van der Waals surface area (Å²) in [5.41, 5.74) is 3.57. The highest BCUT2D eigenvalue weighted by molar-refractivity contribution is 5.40. The molecule has 0 unspecified atom stereocenters. The molecule has 0 radical (unpaired) electrons. The Morgan fingerprint density at radius 3 is 2.57 bits per heavy atom. The molecule has 0 aliphatic carbocycles. The Morgan fingerprint density at radius 2 is 1.83 bits per heavy atom. The fraction of sp³-hybridized carbons (Fsp3) is 0.565. The zero-order chi connectivity index (χ0) is 20.9. The van der Waals surface area contributed by atoms with Gasteiger partial charge in [0.15, 0.2) is 0 Å². The first-order valence-corrected chi connectivity index (χ1v) is 11.0. The Bertz CT molecular complexity index is 851. The molecule has 30 heavy (non-hydrogen) atoms. The van der Waals surface area contributed by atoms with E-state index in [-0.39, 0.29) is 0 Å². The minimum Gasteiger partial charge on any atom is -0.497 e. The van der Waals surface area contributed by atoms with Crippen molar-refractivity contribution in [1.82, 2.24) is 19.8 Å². The van der Waals surface area contributed by atoms with Gasteiger partial charge in [0.1, 0.15) is 11.5 Å². The zero-order valence-electron chi connectivity index (χ0n) is 18.4. The Morgan fingerprint density at radius 1 is 1.00 bits per heavy atom. The third-order valence-electron chi connectivity index (χ3n) is 6.08. The minimum atomic E-state index is 0.820. The van der Waals surface area contributed by atoms with Gasteiger partial charge in [-0.25, -0.2) is 9.97 Å². The molecule has 3 heterocycles. The second kappa shape index (κ2) is 9.62. The van der Waals surface area contributed by atoms with Crippen molar-refractivity contribution in [2.24, 2.45) is 0 Å². The van der Waals surface area contributed by atoms with Crippen LogP contribution in [-0.4, -0.2) is 73.3 Å². The maximum atomic E-state index is 5.55. The fourth-order valence-electron chi connectivity index (χ4n) is 4.39. The maximum absolute atomic E-state index is 5.55. The summed E-state index contributed by atoms with van der Waals surface area (Å²) in [4.78, 5) is 16.9. The summed E-state index contributed by atoms with van der Waals surface area (Å²) in [6.45, 7) is 10.3. The highest BCUT2D eigenvalue weighted by Gasteiger charge is 2.23. The van der Waals surface area contributed by atoms with Gasteiger partial charge in [-0.05, 0) is 31.2 Å².